The van der Waals surface area contributed by atoms with Crippen LogP contribution in [-0.2, 0) is 14.8 Å². The van der Waals surface area contributed by atoms with Gasteiger partial charge >= 0.3 is 0 Å². The van der Waals surface area contributed by atoms with E-state index in [1.165, 1.54) is 10.4 Å². The van der Waals surface area contributed by atoms with Crippen molar-refractivity contribution >= 4 is 21.6 Å². The fraction of sp³-hybridized carbons (Fsp3) is 0.222. The smallest absolute Gasteiger partial charge is 0.244 e. The number of morpholine rings is 1. The van der Waals surface area contributed by atoms with E-state index in [9.17, 15) is 8.42 Å². The predicted molar refractivity (Wildman–Crippen MR) is 102 cm³/mol. The molecule has 1 fully saturated rings. The van der Waals surface area contributed by atoms with E-state index < -0.39 is 10.0 Å². The first-order valence-electron chi connectivity index (χ1n) is 8.41. The maximum atomic E-state index is 13.0. The number of benzene rings is 2. The Bertz CT molecular complexity index is 1050. The van der Waals surface area contributed by atoms with Crippen LogP contribution in [-0.4, -0.2) is 54.2 Å². The van der Waals surface area contributed by atoms with E-state index in [2.05, 4.69) is 15.2 Å². The first kappa shape index (κ1) is 18.1. The second kappa shape index (κ2) is 7.40. The number of H-pyrrole nitrogens is 1. The molecule has 3 aromatic rings. The van der Waals surface area contributed by atoms with Crippen molar-refractivity contribution in [1.82, 2.24) is 19.5 Å². The van der Waals surface area contributed by atoms with Crippen LogP contribution in [0.15, 0.2) is 53.4 Å². The molecule has 1 aromatic heterocycles. The molecule has 2 heterocycles. The van der Waals surface area contributed by atoms with E-state index in [0.717, 1.165) is 5.56 Å². The number of sulfonamides is 1. The summed E-state index contributed by atoms with van der Waals surface area (Å²) in [4.78, 5) is 3.19. The third-order valence-corrected chi connectivity index (χ3v) is 6.71. The van der Waals surface area contributed by atoms with Crippen LogP contribution in [0, 0.1) is 0 Å². The summed E-state index contributed by atoms with van der Waals surface area (Å²) < 4.78 is 32.5. The maximum absolute atomic E-state index is 13.0. The summed E-state index contributed by atoms with van der Waals surface area (Å²) in [6.45, 7) is 1.37. The minimum atomic E-state index is -3.71. The van der Waals surface area contributed by atoms with E-state index in [4.69, 9.17) is 16.3 Å². The first-order valence-corrected chi connectivity index (χ1v) is 10.2. The van der Waals surface area contributed by atoms with Gasteiger partial charge in [0.1, 0.15) is 4.90 Å². The Morgan fingerprint density at radius 3 is 2.33 bits per heavy atom. The van der Waals surface area contributed by atoms with Crippen LogP contribution < -0.4 is 0 Å². The quantitative estimate of drug-likeness (QED) is 0.722. The van der Waals surface area contributed by atoms with Crippen LogP contribution in [0.5, 0.6) is 0 Å². The Morgan fingerprint density at radius 1 is 0.963 bits per heavy atom. The van der Waals surface area contributed by atoms with Gasteiger partial charge in [0.2, 0.25) is 10.0 Å². The molecule has 1 saturated heterocycles. The summed E-state index contributed by atoms with van der Waals surface area (Å²) in [7, 11) is -3.71. The van der Waals surface area contributed by atoms with Crippen molar-refractivity contribution in [2.75, 3.05) is 26.3 Å². The molecule has 0 spiro atoms. The Hall–Kier alpha value is -2.26. The molecular weight excluding hydrogens is 388 g/mol. The fourth-order valence-corrected chi connectivity index (χ4v) is 4.80. The van der Waals surface area contributed by atoms with Crippen molar-refractivity contribution in [3.05, 3.63) is 53.6 Å². The number of rotatable bonds is 4. The maximum Gasteiger partial charge on any atom is 0.244 e. The highest BCUT2D eigenvalue weighted by atomic mass is 35.5. The van der Waals surface area contributed by atoms with Crippen molar-refractivity contribution in [1.29, 1.82) is 0 Å². The van der Waals surface area contributed by atoms with E-state index >= 15 is 0 Å². The number of aromatic nitrogens is 3. The van der Waals surface area contributed by atoms with Crippen LogP contribution in [0.2, 0.25) is 5.02 Å². The van der Waals surface area contributed by atoms with Gasteiger partial charge < -0.3 is 9.72 Å². The summed E-state index contributed by atoms with van der Waals surface area (Å²) in [5, 5.41) is 8.48. The lowest BCUT2D eigenvalue weighted by atomic mass is 10.2. The molecule has 1 aliphatic heterocycles. The summed E-state index contributed by atoms with van der Waals surface area (Å²) in [5.41, 5.74) is 1.49. The summed E-state index contributed by atoms with van der Waals surface area (Å²) >= 11 is 6.21. The number of hydrogen-bond donors (Lipinski definition) is 1. The second-order valence-corrected chi connectivity index (χ2v) is 8.36. The molecule has 0 saturated carbocycles. The third kappa shape index (κ3) is 3.61. The van der Waals surface area contributed by atoms with Gasteiger partial charge in [-0.25, -0.2) is 8.42 Å². The number of halogens is 1. The molecular formula is C18H17ClN4O3S. The zero-order valence-corrected chi connectivity index (χ0v) is 15.9. The van der Waals surface area contributed by atoms with E-state index in [0.29, 0.717) is 43.5 Å². The molecule has 0 atom stereocenters. The molecule has 0 amide bonds. The Morgan fingerprint density at radius 2 is 1.63 bits per heavy atom. The second-order valence-electron chi connectivity index (χ2n) is 6.05. The van der Waals surface area contributed by atoms with Crippen molar-refractivity contribution in [2.24, 2.45) is 0 Å². The van der Waals surface area contributed by atoms with Crippen LogP contribution in [0.25, 0.3) is 22.8 Å². The number of hydrogen-bond acceptors (Lipinski definition) is 5. The van der Waals surface area contributed by atoms with Gasteiger partial charge in [0.25, 0.3) is 0 Å². The number of ether oxygens (including phenoxy) is 1. The number of nitrogens with zero attached hydrogens (tertiary/aromatic N) is 3. The molecule has 9 heteroatoms. The van der Waals surface area contributed by atoms with Crippen molar-refractivity contribution in [3.8, 4) is 22.8 Å². The van der Waals surface area contributed by atoms with Gasteiger partial charge in [-0.3, -0.25) is 0 Å². The van der Waals surface area contributed by atoms with E-state index in [1.54, 1.807) is 12.1 Å². The third-order valence-electron chi connectivity index (χ3n) is 4.33. The van der Waals surface area contributed by atoms with Gasteiger partial charge in [-0.15, -0.1) is 10.2 Å². The van der Waals surface area contributed by atoms with Crippen LogP contribution >= 0.6 is 11.6 Å². The molecule has 0 aliphatic carbocycles. The van der Waals surface area contributed by atoms with E-state index in [-0.39, 0.29) is 9.92 Å². The highest BCUT2D eigenvalue weighted by Gasteiger charge is 2.29. The highest BCUT2D eigenvalue weighted by Crippen LogP contribution is 2.30. The highest BCUT2D eigenvalue weighted by molar-refractivity contribution is 7.89. The summed E-state index contributed by atoms with van der Waals surface area (Å²) in [6, 6.07) is 14.4. The lowest BCUT2D eigenvalue weighted by Gasteiger charge is -2.26. The molecule has 0 unspecified atom stereocenters. The lowest BCUT2D eigenvalue weighted by Crippen LogP contribution is -2.40. The molecule has 140 valence electrons. The molecule has 27 heavy (non-hydrogen) atoms. The molecule has 0 bridgehead atoms. The van der Waals surface area contributed by atoms with Gasteiger partial charge in [0, 0.05) is 24.2 Å². The van der Waals surface area contributed by atoms with Gasteiger partial charge in [-0.2, -0.15) is 4.31 Å². The van der Waals surface area contributed by atoms with E-state index in [1.807, 2.05) is 30.3 Å². The van der Waals surface area contributed by atoms with Crippen LogP contribution in [0.1, 0.15) is 0 Å². The van der Waals surface area contributed by atoms with Crippen LogP contribution in [0.3, 0.4) is 0 Å². The Labute approximate surface area is 162 Å². The predicted octanol–water partition coefficient (Wildman–Crippen LogP) is 2.81. The summed E-state index contributed by atoms with van der Waals surface area (Å²) in [6.07, 6.45) is 0. The SMILES string of the molecule is O=S(=O)(c1cc(-c2nnc(-c3ccccc3)[nH]2)ccc1Cl)N1CCOCC1. The largest absolute Gasteiger partial charge is 0.379 e. The van der Waals surface area contributed by atoms with Gasteiger partial charge in [0.15, 0.2) is 11.6 Å². The molecule has 7 nitrogen and oxygen atoms in total. The minimum Gasteiger partial charge on any atom is -0.379 e. The first-order chi connectivity index (χ1) is 13.1. The number of nitrogens with one attached hydrogen (secondary N) is 1. The topological polar surface area (TPSA) is 88.2 Å². The molecule has 2 aromatic carbocycles. The molecule has 0 radical (unpaired) electrons. The van der Waals surface area contributed by atoms with Gasteiger partial charge in [0.05, 0.1) is 18.2 Å². The monoisotopic (exact) mass is 404 g/mol. The average molecular weight is 405 g/mol. The standard InChI is InChI=1S/C18H17ClN4O3S/c19-15-7-6-14(12-16(15)27(24,25)23-8-10-26-11-9-23)18-20-17(21-22-18)13-4-2-1-3-5-13/h1-7,12H,8-11H2,(H,20,21,22). The number of aromatic amines is 1. The fourth-order valence-electron chi connectivity index (χ4n) is 2.89. The Kier molecular flexibility index (Phi) is 4.96. The lowest BCUT2D eigenvalue weighted by molar-refractivity contribution is 0.0730. The minimum absolute atomic E-state index is 0.0567. The van der Waals surface area contributed by atoms with Gasteiger partial charge in [-0.05, 0) is 18.2 Å². The van der Waals surface area contributed by atoms with Crippen molar-refractivity contribution in [2.45, 2.75) is 4.90 Å². The van der Waals surface area contributed by atoms with Crippen molar-refractivity contribution < 1.29 is 13.2 Å². The molecule has 1 N–H and O–H groups in total. The van der Waals surface area contributed by atoms with Crippen LogP contribution in [0.4, 0.5) is 0 Å². The van der Waals surface area contributed by atoms with Gasteiger partial charge in [-0.1, -0.05) is 41.9 Å². The average Bonchev–Trinajstić information content (AvgIpc) is 3.20. The Balaban J connectivity index is 1.70. The molecule has 1 aliphatic rings. The normalized spacial score (nSPS) is 15.7. The zero-order valence-electron chi connectivity index (χ0n) is 14.3. The zero-order chi connectivity index (χ0) is 18.9. The molecule has 4 rings (SSSR count). The van der Waals surface area contributed by atoms with Crippen molar-refractivity contribution in [3.63, 3.8) is 0 Å². The summed E-state index contributed by atoms with van der Waals surface area (Å²) in [5.74, 6) is 1.09.